The van der Waals surface area contributed by atoms with E-state index in [2.05, 4.69) is 25.8 Å². The molecule has 0 N–H and O–H groups in total. The van der Waals surface area contributed by atoms with Gasteiger partial charge in [-0.1, -0.05) is 20.8 Å². The van der Waals surface area contributed by atoms with Gasteiger partial charge in [0.25, 0.3) is 0 Å². The van der Waals surface area contributed by atoms with Crippen LogP contribution in [0.5, 0.6) is 0 Å². The third-order valence-electron chi connectivity index (χ3n) is 3.95. The van der Waals surface area contributed by atoms with Crippen molar-refractivity contribution in [3.05, 3.63) is 24.5 Å². The minimum Gasteiger partial charge on any atom is -0.263 e. The van der Waals surface area contributed by atoms with Crippen LogP contribution >= 0.6 is 0 Å². The number of aromatic nitrogens is 1. The average molecular weight is 282 g/mol. The van der Waals surface area contributed by atoms with Gasteiger partial charge in [-0.2, -0.15) is 4.31 Å². The lowest BCUT2D eigenvalue weighted by atomic mass is 9.76. The van der Waals surface area contributed by atoms with Crippen molar-refractivity contribution in [3.63, 3.8) is 0 Å². The summed E-state index contributed by atoms with van der Waals surface area (Å²) >= 11 is 0. The van der Waals surface area contributed by atoms with Crippen molar-refractivity contribution >= 4 is 10.0 Å². The van der Waals surface area contributed by atoms with Crippen LogP contribution in [0.2, 0.25) is 0 Å². The molecule has 1 aromatic rings. The predicted octanol–water partition coefficient (Wildman–Crippen LogP) is 2.53. The molecular formula is C14H22N2O2S. The van der Waals surface area contributed by atoms with Gasteiger partial charge in [-0.25, -0.2) is 8.42 Å². The normalized spacial score (nSPS) is 19.5. The zero-order valence-electron chi connectivity index (χ0n) is 11.8. The summed E-state index contributed by atoms with van der Waals surface area (Å²) in [5.41, 5.74) is 0.254. The highest BCUT2D eigenvalue weighted by molar-refractivity contribution is 7.89. The summed E-state index contributed by atoms with van der Waals surface area (Å²) in [4.78, 5) is 4.19. The number of piperidine rings is 1. The van der Waals surface area contributed by atoms with Gasteiger partial charge in [0.1, 0.15) is 4.90 Å². The smallest absolute Gasteiger partial charge is 0.244 e. The highest BCUT2D eigenvalue weighted by Gasteiger charge is 2.33. The first-order valence-electron chi connectivity index (χ1n) is 6.72. The molecule has 1 aromatic heterocycles. The van der Waals surface area contributed by atoms with Crippen LogP contribution in [0, 0.1) is 11.3 Å². The molecule has 1 saturated heterocycles. The highest BCUT2D eigenvalue weighted by atomic mass is 32.2. The van der Waals surface area contributed by atoms with E-state index in [1.165, 1.54) is 6.20 Å². The van der Waals surface area contributed by atoms with E-state index < -0.39 is 10.0 Å². The Bertz CT molecular complexity index is 512. The Kier molecular flexibility index (Phi) is 3.97. The van der Waals surface area contributed by atoms with E-state index in [1.54, 1.807) is 22.6 Å². The molecule has 0 aliphatic carbocycles. The van der Waals surface area contributed by atoms with E-state index in [0.717, 1.165) is 12.8 Å². The first-order chi connectivity index (χ1) is 8.82. The second-order valence-electron chi connectivity index (χ2n) is 6.23. The zero-order chi connectivity index (χ0) is 14.1. The van der Waals surface area contributed by atoms with Crippen molar-refractivity contribution in [2.24, 2.45) is 11.3 Å². The number of nitrogens with zero attached hydrogens (tertiary/aromatic N) is 2. The molecular weight excluding hydrogens is 260 g/mol. The molecule has 0 unspecified atom stereocenters. The molecule has 1 fully saturated rings. The summed E-state index contributed by atoms with van der Waals surface area (Å²) in [6.45, 7) is 7.90. The molecule has 0 bridgehead atoms. The average Bonchev–Trinajstić information content (AvgIpc) is 2.39. The lowest BCUT2D eigenvalue weighted by Gasteiger charge is -2.38. The van der Waals surface area contributed by atoms with Crippen molar-refractivity contribution in [1.29, 1.82) is 0 Å². The van der Waals surface area contributed by atoms with E-state index in [-0.39, 0.29) is 5.41 Å². The number of rotatable bonds is 2. The Labute approximate surface area is 115 Å². The molecule has 4 nitrogen and oxygen atoms in total. The molecule has 0 amide bonds. The van der Waals surface area contributed by atoms with Crippen LogP contribution in [-0.4, -0.2) is 30.8 Å². The SMILES string of the molecule is CC(C)(C)C1CCN(S(=O)(=O)c2cccnc2)CC1. The number of hydrogen-bond acceptors (Lipinski definition) is 3. The summed E-state index contributed by atoms with van der Waals surface area (Å²) in [7, 11) is -3.36. The second kappa shape index (κ2) is 5.21. The molecule has 0 atom stereocenters. The molecule has 0 radical (unpaired) electrons. The fraction of sp³-hybridized carbons (Fsp3) is 0.643. The third-order valence-corrected chi connectivity index (χ3v) is 5.83. The molecule has 19 heavy (non-hydrogen) atoms. The van der Waals surface area contributed by atoms with Gasteiger partial charge in [-0.05, 0) is 36.3 Å². The second-order valence-corrected chi connectivity index (χ2v) is 8.17. The fourth-order valence-electron chi connectivity index (χ4n) is 2.61. The molecule has 0 saturated carbocycles. The van der Waals surface area contributed by atoms with Crippen LogP contribution in [0.4, 0.5) is 0 Å². The van der Waals surface area contributed by atoms with E-state index in [1.807, 2.05) is 0 Å². The molecule has 1 aliphatic rings. The topological polar surface area (TPSA) is 50.3 Å². The predicted molar refractivity (Wildman–Crippen MR) is 75.2 cm³/mol. The summed E-state index contributed by atoms with van der Waals surface area (Å²) < 4.78 is 26.4. The van der Waals surface area contributed by atoms with E-state index in [9.17, 15) is 8.42 Å². The Morgan fingerprint density at radius 3 is 2.37 bits per heavy atom. The van der Waals surface area contributed by atoms with Crippen LogP contribution < -0.4 is 0 Å². The minimum absolute atomic E-state index is 0.254. The highest BCUT2D eigenvalue weighted by Crippen LogP contribution is 2.35. The molecule has 106 valence electrons. The molecule has 0 aromatic carbocycles. The monoisotopic (exact) mass is 282 g/mol. The van der Waals surface area contributed by atoms with Gasteiger partial charge in [0, 0.05) is 25.5 Å². The lowest BCUT2D eigenvalue weighted by molar-refractivity contribution is 0.154. The molecule has 2 heterocycles. The zero-order valence-corrected chi connectivity index (χ0v) is 12.7. The molecule has 2 rings (SSSR count). The Morgan fingerprint density at radius 1 is 1.26 bits per heavy atom. The fourth-order valence-corrected chi connectivity index (χ4v) is 4.05. The van der Waals surface area contributed by atoms with Crippen LogP contribution in [0.3, 0.4) is 0 Å². The Balaban J connectivity index is 2.10. The maximum absolute atomic E-state index is 12.4. The van der Waals surface area contributed by atoms with Gasteiger partial charge < -0.3 is 0 Å². The van der Waals surface area contributed by atoms with Crippen molar-refractivity contribution in [2.75, 3.05) is 13.1 Å². The van der Waals surface area contributed by atoms with Crippen LogP contribution in [-0.2, 0) is 10.0 Å². The van der Waals surface area contributed by atoms with E-state index in [4.69, 9.17) is 0 Å². The minimum atomic E-state index is -3.36. The van der Waals surface area contributed by atoms with Gasteiger partial charge in [-0.15, -0.1) is 0 Å². The van der Waals surface area contributed by atoms with Crippen molar-refractivity contribution < 1.29 is 8.42 Å². The summed E-state index contributed by atoms with van der Waals surface area (Å²) in [5, 5.41) is 0. The quantitative estimate of drug-likeness (QED) is 0.837. The van der Waals surface area contributed by atoms with E-state index in [0.29, 0.717) is 23.9 Å². The van der Waals surface area contributed by atoms with Crippen molar-refractivity contribution in [2.45, 2.75) is 38.5 Å². The molecule has 1 aliphatic heterocycles. The summed E-state index contributed by atoms with van der Waals surface area (Å²) in [6, 6.07) is 3.27. The van der Waals surface area contributed by atoms with Crippen molar-refractivity contribution in [1.82, 2.24) is 9.29 Å². The number of hydrogen-bond donors (Lipinski definition) is 0. The lowest BCUT2D eigenvalue weighted by Crippen LogP contribution is -2.41. The summed E-state index contributed by atoms with van der Waals surface area (Å²) in [5.74, 6) is 0.591. The number of sulfonamides is 1. The third kappa shape index (κ3) is 3.15. The largest absolute Gasteiger partial charge is 0.263 e. The van der Waals surface area contributed by atoms with Crippen LogP contribution in [0.15, 0.2) is 29.4 Å². The van der Waals surface area contributed by atoms with E-state index >= 15 is 0 Å². The van der Waals surface area contributed by atoms with Gasteiger partial charge in [-0.3, -0.25) is 4.98 Å². The standard InChI is InChI=1S/C14H22N2O2S/c1-14(2,3)12-6-9-16(10-7-12)19(17,18)13-5-4-8-15-11-13/h4-5,8,11-12H,6-7,9-10H2,1-3H3. The Hall–Kier alpha value is -0.940. The van der Waals surface area contributed by atoms with Crippen LogP contribution in [0.25, 0.3) is 0 Å². The maximum atomic E-state index is 12.4. The van der Waals surface area contributed by atoms with Gasteiger partial charge >= 0.3 is 0 Å². The first-order valence-corrected chi connectivity index (χ1v) is 8.16. The maximum Gasteiger partial charge on any atom is 0.244 e. The van der Waals surface area contributed by atoms with Gasteiger partial charge in [0.2, 0.25) is 10.0 Å². The van der Waals surface area contributed by atoms with Crippen LogP contribution in [0.1, 0.15) is 33.6 Å². The number of pyridine rings is 1. The Morgan fingerprint density at radius 2 is 1.89 bits per heavy atom. The summed E-state index contributed by atoms with van der Waals surface area (Å²) in [6.07, 6.45) is 4.88. The van der Waals surface area contributed by atoms with Gasteiger partial charge in [0.05, 0.1) is 0 Å². The molecule has 0 spiro atoms. The van der Waals surface area contributed by atoms with Crippen molar-refractivity contribution in [3.8, 4) is 0 Å². The van der Waals surface area contributed by atoms with Gasteiger partial charge in [0.15, 0.2) is 0 Å². The molecule has 5 heteroatoms. The first kappa shape index (κ1) is 14.5.